The summed E-state index contributed by atoms with van der Waals surface area (Å²) in [6.45, 7) is 6.02. The lowest BCUT2D eigenvalue weighted by Gasteiger charge is -2.32. The third-order valence-electron chi connectivity index (χ3n) is 3.70. The molecule has 2 unspecified atom stereocenters. The Morgan fingerprint density at radius 1 is 1.26 bits per heavy atom. The van der Waals surface area contributed by atoms with Gasteiger partial charge in [-0.1, -0.05) is 6.92 Å². The summed E-state index contributed by atoms with van der Waals surface area (Å²) in [6, 6.07) is 10.3. The first kappa shape index (κ1) is 13.9. The van der Waals surface area contributed by atoms with Gasteiger partial charge < -0.3 is 15.5 Å². The molecule has 4 nitrogen and oxygen atoms in total. The van der Waals surface area contributed by atoms with Crippen molar-refractivity contribution in [2.24, 2.45) is 11.7 Å². The maximum Gasteiger partial charge on any atom is 0.0991 e. The summed E-state index contributed by atoms with van der Waals surface area (Å²) < 4.78 is 0. The lowest BCUT2D eigenvalue weighted by molar-refractivity contribution is 0.304. The van der Waals surface area contributed by atoms with Crippen LogP contribution in [0.4, 0.5) is 5.69 Å². The number of nitriles is 1. The smallest absolute Gasteiger partial charge is 0.0991 e. The number of hydrogen-bond acceptors (Lipinski definition) is 4. The molecule has 1 heterocycles. The van der Waals surface area contributed by atoms with E-state index in [-0.39, 0.29) is 0 Å². The van der Waals surface area contributed by atoms with Crippen LogP contribution in [-0.2, 0) is 0 Å². The minimum Gasteiger partial charge on any atom is -0.366 e. The maximum absolute atomic E-state index is 8.87. The monoisotopic (exact) mass is 258 g/mol. The highest BCUT2D eigenvalue weighted by Crippen LogP contribution is 2.22. The SMILES string of the molecule is CC1CN(C)CC(CN)N(c2ccc(C#N)cc2)C1. The van der Waals surface area contributed by atoms with Crippen LogP contribution in [0.2, 0.25) is 0 Å². The van der Waals surface area contributed by atoms with Crippen LogP contribution in [-0.4, -0.2) is 44.2 Å². The number of hydrogen-bond donors (Lipinski definition) is 1. The summed E-state index contributed by atoms with van der Waals surface area (Å²) in [4.78, 5) is 4.74. The van der Waals surface area contributed by atoms with E-state index in [0.717, 1.165) is 25.3 Å². The largest absolute Gasteiger partial charge is 0.366 e. The molecule has 0 radical (unpaired) electrons. The van der Waals surface area contributed by atoms with E-state index in [2.05, 4.69) is 29.8 Å². The molecule has 1 aromatic rings. The van der Waals surface area contributed by atoms with Gasteiger partial charge in [-0.3, -0.25) is 0 Å². The molecule has 19 heavy (non-hydrogen) atoms. The first-order valence-corrected chi connectivity index (χ1v) is 6.79. The van der Waals surface area contributed by atoms with Crippen LogP contribution in [0.1, 0.15) is 12.5 Å². The first-order chi connectivity index (χ1) is 9.13. The summed E-state index contributed by atoms with van der Waals surface area (Å²) in [5.74, 6) is 0.609. The Balaban J connectivity index is 2.25. The summed E-state index contributed by atoms with van der Waals surface area (Å²) in [7, 11) is 2.15. The van der Waals surface area contributed by atoms with Crippen molar-refractivity contribution in [2.75, 3.05) is 38.1 Å². The maximum atomic E-state index is 8.87. The Morgan fingerprint density at radius 2 is 1.95 bits per heavy atom. The third-order valence-corrected chi connectivity index (χ3v) is 3.70. The minimum atomic E-state index is 0.336. The minimum absolute atomic E-state index is 0.336. The van der Waals surface area contributed by atoms with Crippen molar-refractivity contribution in [3.8, 4) is 6.07 Å². The second kappa shape index (κ2) is 6.05. The van der Waals surface area contributed by atoms with Gasteiger partial charge in [-0.25, -0.2) is 0 Å². The molecule has 1 aromatic carbocycles. The molecule has 0 bridgehead atoms. The lowest BCUT2D eigenvalue weighted by Crippen LogP contribution is -2.45. The van der Waals surface area contributed by atoms with Gasteiger partial charge in [0.1, 0.15) is 0 Å². The predicted octanol–water partition coefficient (Wildman–Crippen LogP) is 1.27. The Bertz CT molecular complexity index is 448. The average Bonchev–Trinajstić information content (AvgIpc) is 2.56. The van der Waals surface area contributed by atoms with Gasteiger partial charge in [-0.2, -0.15) is 5.26 Å². The number of rotatable bonds is 2. The van der Waals surface area contributed by atoms with Gasteiger partial charge in [0.05, 0.1) is 17.7 Å². The van der Waals surface area contributed by atoms with Crippen LogP contribution in [0.3, 0.4) is 0 Å². The predicted molar refractivity (Wildman–Crippen MR) is 78.0 cm³/mol. The van der Waals surface area contributed by atoms with E-state index in [0.29, 0.717) is 24.1 Å². The van der Waals surface area contributed by atoms with Gasteiger partial charge in [0.25, 0.3) is 0 Å². The Hall–Kier alpha value is -1.57. The van der Waals surface area contributed by atoms with Crippen LogP contribution in [0, 0.1) is 17.2 Å². The molecular weight excluding hydrogens is 236 g/mol. The molecule has 2 atom stereocenters. The summed E-state index contributed by atoms with van der Waals surface area (Å²) in [6.07, 6.45) is 0. The van der Waals surface area contributed by atoms with E-state index in [1.807, 2.05) is 24.3 Å². The van der Waals surface area contributed by atoms with Gasteiger partial charge in [-0.15, -0.1) is 0 Å². The van der Waals surface area contributed by atoms with Crippen molar-refractivity contribution in [1.82, 2.24) is 4.90 Å². The number of nitrogens with two attached hydrogens (primary N) is 1. The van der Waals surface area contributed by atoms with E-state index < -0.39 is 0 Å². The zero-order valence-electron chi connectivity index (χ0n) is 11.7. The standard InChI is InChI=1S/C15H22N4/c1-12-9-18(2)11-15(8-17)19(10-12)14-5-3-13(7-16)4-6-14/h3-6,12,15H,8-11,17H2,1-2H3. The average molecular weight is 258 g/mol. The molecule has 0 aromatic heterocycles. The molecule has 1 saturated heterocycles. The molecule has 0 spiro atoms. The molecule has 0 aliphatic carbocycles. The molecule has 2 rings (SSSR count). The van der Waals surface area contributed by atoms with E-state index in [1.165, 1.54) is 0 Å². The van der Waals surface area contributed by atoms with E-state index in [9.17, 15) is 0 Å². The third kappa shape index (κ3) is 3.25. The Morgan fingerprint density at radius 3 is 2.53 bits per heavy atom. The highest BCUT2D eigenvalue weighted by molar-refractivity contribution is 5.51. The van der Waals surface area contributed by atoms with E-state index in [1.54, 1.807) is 0 Å². The lowest BCUT2D eigenvalue weighted by atomic mass is 10.1. The van der Waals surface area contributed by atoms with Crippen LogP contribution >= 0.6 is 0 Å². The normalized spacial score (nSPS) is 24.8. The van der Waals surface area contributed by atoms with Crippen molar-refractivity contribution in [3.63, 3.8) is 0 Å². The van der Waals surface area contributed by atoms with Crippen molar-refractivity contribution >= 4 is 5.69 Å². The topological polar surface area (TPSA) is 56.3 Å². The number of nitrogens with zero attached hydrogens (tertiary/aromatic N) is 3. The summed E-state index contributed by atoms with van der Waals surface area (Å²) in [5, 5.41) is 8.87. The molecule has 1 fully saturated rings. The van der Waals surface area contributed by atoms with Crippen LogP contribution in [0.5, 0.6) is 0 Å². The molecule has 4 heteroatoms. The Labute approximate surface area is 115 Å². The number of likely N-dealkylation sites (N-methyl/N-ethyl adjacent to an activating group) is 1. The van der Waals surface area contributed by atoms with Gasteiger partial charge >= 0.3 is 0 Å². The molecule has 2 N–H and O–H groups in total. The number of benzene rings is 1. The van der Waals surface area contributed by atoms with Crippen molar-refractivity contribution < 1.29 is 0 Å². The van der Waals surface area contributed by atoms with E-state index in [4.69, 9.17) is 11.0 Å². The fourth-order valence-electron chi connectivity index (χ4n) is 2.85. The zero-order valence-corrected chi connectivity index (χ0v) is 11.7. The zero-order chi connectivity index (χ0) is 13.8. The van der Waals surface area contributed by atoms with Gasteiger partial charge in [0.15, 0.2) is 0 Å². The molecule has 0 saturated carbocycles. The summed E-state index contributed by atoms with van der Waals surface area (Å²) in [5.41, 5.74) is 7.81. The quantitative estimate of drug-likeness (QED) is 0.868. The highest BCUT2D eigenvalue weighted by atomic mass is 15.2. The van der Waals surface area contributed by atoms with Crippen molar-refractivity contribution in [2.45, 2.75) is 13.0 Å². The van der Waals surface area contributed by atoms with Crippen molar-refractivity contribution in [3.05, 3.63) is 29.8 Å². The highest BCUT2D eigenvalue weighted by Gasteiger charge is 2.25. The first-order valence-electron chi connectivity index (χ1n) is 6.79. The fourth-order valence-corrected chi connectivity index (χ4v) is 2.85. The Kier molecular flexibility index (Phi) is 4.41. The molecule has 0 amide bonds. The molecule has 102 valence electrons. The summed E-state index contributed by atoms with van der Waals surface area (Å²) >= 11 is 0. The van der Waals surface area contributed by atoms with Crippen LogP contribution in [0.25, 0.3) is 0 Å². The van der Waals surface area contributed by atoms with Crippen LogP contribution in [0.15, 0.2) is 24.3 Å². The second-order valence-electron chi connectivity index (χ2n) is 5.53. The second-order valence-corrected chi connectivity index (χ2v) is 5.53. The van der Waals surface area contributed by atoms with Crippen molar-refractivity contribution in [1.29, 1.82) is 5.26 Å². The molecule has 1 aliphatic heterocycles. The van der Waals surface area contributed by atoms with Crippen LogP contribution < -0.4 is 10.6 Å². The van der Waals surface area contributed by atoms with Gasteiger partial charge in [0.2, 0.25) is 0 Å². The fraction of sp³-hybridized carbons (Fsp3) is 0.533. The molecular formula is C15H22N4. The van der Waals surface area contributed by atoms with E-state index >= 15 is 0 Å². The number of anilines is 1. The van der Waals surface area contributed by atoms with Gasteiger partial charge in [-0.05, 0) is 37.2 Å². The van der Waals surface area contributed by atoms with Gasteiger partial charge in [0, 0.05) is 31.9 Å². The molecule has 1 aliphatic rings.